The summed E-state index contributed by atoms with van der Waals surface area (Å²) in [6.45, 7) is 0. The molecule has 1 nitrogen and oxygen atoms in total. The summed E-state index contributed by atoms with van der Waals surface area (Å²) >= 11 is 0. The van der Waals surface area contributed by atoms with Crippen molar-refractivity contribution in [2.45, 2.75) is 0 Å². The topological polar surface area (TPSA) is 9.23 Å². The summed E-state index contributed by atoms with van der Waals surface area (Å²) in [5, 5.41) is 0. The molecule has 0 amide bonds. The van der Waals surface area contributed by atoms with Gasteiger partial charge in [-0.2, -0.15) is 30.3 Å². The Labute approximate surface area is 133 Å². The van der Waals surface area contributed by atoms with Crippen LogP contribution in [0.4, 0.5) is 0 Å². The van der Waals surface area contributed by atoms with Crippen molar-refractivity contribution < 1.29 is 56.1 Å². The average molecular weight is 222 g/mol. The van der Waals surface area contributed by atoms with Gasteiger partial charge in [-0.15, -0.1) is 5.56 Å². The SMILES string of the molecule is COc1ccccc1-c1c[c-]ccc1.[K+]. The molecule has 2 rings (SSSR count). The third-order valence-electron chi connectivity index (χ3n) is 2.13. The standard InChI is InChI=1S/C13H11O.K/c1-14-13-10-6-5-9-12(13)11-7-3-2-4-8-11;/h2-3,5-10H,1H3;/q-1;+1. The van der Waals surface area contributed by atoms with E-state index >= 15 is 0 Å². The van der Waals surface area contributed by atoms with Gasteiger partial charge in [-0.3, -0.25) is 0 Å². The van der Waals surface area contributed by atoms with Crippen molar-refractivity contribution in [2.24, 2.45) is 0 Å². The minimum Gasteiger partial charge on any atom is -0.497 e. The van der Waals surface area contributed by atoms with Crippen molar-refractivity contribution >= 4 is 0 Å². The van der Waals surface area contributed by atoms with Gasteiger partial charge in [0.05, 0.1) is 7.11 Å². The van der Waals surface area contributed by atoms with Gasteiger partial charge in [-0.05, 0) is 11.6 Å². The number of ether oxygens (including phenoxy) is 1. The van der Waals surface area contributed by atoms with Crippen LogP contribution < -0.4 is 56.1 Å². The molecule has 0 aliphatic rings. The number of hydrogen-bond donors (Lipinski definition) is 0. The zero-order chi connectivity index (χ0) is 9.80. The Balaban J connectivity index is 0.00000112. The minimum absolute atomic E-state index is 0. The molecule has 0 bridgehead atoms. The maximum Gasteiger partial charge on any atom is 1.00 e. The predicted molar refractivity (Wildman–Crippen MR) is 57.3 cm³/mol. The molecule has 70 valence electrons. The van der Waals surface area contributed by atoms with E-state index in [9.17, 15) is 0 Å². The summed E-state index contributed by atoms with van der Waals surface area (Å²) in [6.07, 6.45) is 0. The van der Waals surface area contributed by atoms with E-state index in [0.29, 0.717) is 0 Å². The van der Waals surface area contributed by atoms with Crippen molar-refractivity contribution in [3.8, 4) is 16.9 Å². The van der Waals surface area contributed by atoms with Gasteiger partial charge in [-0.1, -0.05) is 18.2 Å². The van der Waals surface area contributed by atoms with E-state index < -0.39 is 0 Å². The third kappa shape index (κ3) is 3.16. The Bertz CT molecular complexity index is 412. The van der Waals surface area contributed by atoms with Gasteiger partial charge in [-0.25, -0.2) is 0 Å². The first-order chi connectivity index (χ1) is 6.92. The van der Waals surface area contributed by atoms with E-state index in [0.717, 1.165) is 16.9 Å². The Morgan fingerprint density at radius 3 is 2.53 bits per heavy atom. The number of hydrogen-bond acceptors (Lipinski definition) is 1. The van der Waals surface area contributed by atoms with E-state index in [2.05, 4.69) is 6.07 Å². The van der Waals surface area contributed by atoms with Crippen molar-refractivity contribution in [3.63, 3.8) is 0 Å². The van der Waals surface area contributed by atoms with Crippen molar-refractivity contribution in [1.82, 2.24) is 0 Å². The molecule has 0 saturated heterocycles. The Morgan fingerprint density at radius 2 is 1.87 bits per heavy atom. The van der Waals surface area contributed by atoms with E-state index in [1.54, 1.807) is 7.11 Å². The van der Waals surface area contributed by atoms with Crippen LogP contribution in [0.5, 0.6) is 5.75 Å². The van der Waals surface area contributed by atoms with Gasteiger partial charge in [0.25, 0.3) is 0 Å². The van der Waals surface area contributed by atoms with Crippen LogP contribution in [0.1, 0.15) is 0 Å². The molecule has 0 atom stereocenters. The van der Waals surface area contributed by atoms with E-state index in [4.69, 9.17) is 4.74 Å². The second-order valence-electron chi connectivity index (χ2n) is 2.99. The fourth-order valence-electron chi connectivity index (χ4n) is 1.44. The number of benzene rings is 2. The molecular weight excluding hydrogens is 211 g/mol. The van der Waals surface area contributed by atoms with Crippen LogP contribution in [0.15, 0.2) is 48.5 Å². The Morgan fingerprint density at radius 1 is 1.07 bits per heavy atom. The van der Waals surface area contributed by atoms with Crippen LogP contribution >= 0.6 is 0 Å². The zero-order valence-corrected chi connectivity index (χ0v) is 12.2. The second-order valence-corrected chi connectivity index (χ2v) is 2.99. The van der Waals surface area contributed by atoms with Crippen LogP contribution in [0.3, 0.4) is 0 Å². The van der Waals surface area contributed by atoms with E-state index in [-0.39, 0.29) is 51.4 Å². The normalized spacial score (nSPS) is 9.13. The number of methoxy groups -OCH3 is 1. The van der Waals surface area contributed by atoms with Crippen LogP contribution in [0.25, 0.3) is 11.1 Å². The van der Waals surface area contributed by atoms with Gasteiger partial charge in [0.2, 0.25) is 0 Å². The van der Waals surface area contributed by atoms with Gasteiger partial charge in [0.1, 0.15) is 5.75 Å². The summed E-state index contributed by atoms with van der Waals surface area (Å²) in [5.74, 6) is 0.895. The van der Waals surface area contributed by atoms with Crippen molar-refractivity contribution in [2.75, 3.05) is 7.11 Å². The Kier molecular flexibility index (Phi) is 5.57. The number of rotatable bonds is 2. The average Bonchev–Trinajstić information content (AvgIpc) is 2.30. The first-order valence-corrected chi connectivity index (χ1v) is 4.51. The molecule has 0 radical (unpaired) electrons. The summed E-state index contributed by atoms with van der Waals surface area (Å²) in [7, 11) is 1.69. The van der Waals surface area contributed by atoms with Gasteiger partial charge < -0.3 is 4.74 Å². The minimum atomic E-state index is 0. The molecule has 2 aromatic carbocycles. The summed E-state index contributed by atoms with van der Waals surface area (Å²) in [6, 6.07) is 18.9. The molecular formula is C13H11KO. The maximum absolute atomic E-state index is 5.29. The van der Waals surface area contributed by atoms with Gasteiger partial charge in [0, 0.05) is 0 Å². The monoisotopic (exact) mass is 222 g/mol. The molecule has 15 heavy (non-hydrogen) atoms. The third-order valence-corrected chi connectivity index (χ3v) is 2.13. The maximum atomic E-state index is 5.29. The quantitative estimate of drug-likeness (QED) is 0.520. The molecule has 0 heterocycles. The zero-order valence-electron chi connectivity index (χ0n) is 9.03. The second kappa shape index (κ2) is 6.46. The van der Waals surface area contributed by atoms with Crippen LogP contribution in [-0.4, -0.2) is 7.11 Å². The fourth-order valence-corrected chi connectivity index (χ4v) is 1.44. The molecule has 0 unspecified atom stereocenters. The first kappa shape index (κ1) is 12.9. The molecule has 0 spiro atoms. The number of para-hydroxylation sites is 1. The molecule has 0 aliphatic carbocycles. The molecule has 0 saturated carbocycles. The Hall–Kier alpha value is -0.124. The van der Waals surface area contributed by atoms with E-state index in [1.807, 2.05) is 48.5 Å². The molecule has 2 heteroatoms. The molecule has 2 aromatic rings. The van der Waals surface area contributed by atoms with Crippen molar-refractivity contribution in [1.29, 1.82) is 0 Å². The van der Waals surface area contributed by atoms with Crippen LogP contribution in [0, 0.1) is 6.07 Å². The largest absolute Gasteiger partial charge is 1.00 e. The fraction of sp³-hybridized carbons (Fsp3) is 0.0769. The van der Waals surface area contributed by atoms with Crippen LogP contribution in [0.2, 0.25) is 0 Å². The van der Waals surface area contributed by atoms with Crippen LogP contribution in [-0.2, 0) is 0 Å². The molecule has 0 aromatic heterocycles. The van der Waals surface area contributed by atoms with Crippen molar-refractivity contribution in [3.05, 3.63) is 54.6 Å². The molecule has 0 N–H and O–H groups in total. The summed E-state index contributed by atoms with van der Waals surface area (Å²) in [5.41, 5.74) is 2.23. The first-order valence-electron chi connectivity index (χ1n) is 4.51. The summed E-state index contributed by atoms with van der Waals surface area (Å²) in [4.78, 5) is 0. The molecule has 0 aliphatic heterocycles. The summed E-state index contributed by atoms with van der Waals surface area (Å²) < 4.78 is 5.29. The van der Waals surface area contributed by atoms with Gasteiger partial charge in [0.15, 0.2) is 0 Å². The predicted octanol–water partition coefficient (Wildman–Crippen LogP) is 0.166. The molecule has 0 fully saturated rings. The van der Waals surface area contributed by atoms with E-state index in [1.165, 1.54) is 0 Å². The smallest absolute Gasteiger partial charge is 0.497 e. The van der Waals surface area contributed by atoms with Gasteiger partial charge >= 0.3 is 51.4 Å².